The molecule has 0 bridgehead atoms. The number of ether oxygens (including phenoxy) is 1. The molecule has 128 valence electrons. The molecule has 2 N–H and O–H groups in total. The fourth-order valence-electron chi connectivity index (χ4n) is 2.62. The third kappa shape index (κ3) is 4.14. The van der Waals surface area contributed by atoms with E-state index in [9.17, 15) is 14.3 Å². The first-order valence-electron chi connectivity index (χ1n) is 7.95. The van der Waals surface area contributed by atoms with Crippen LogP contribution in [0.1, 0.15) is 11.7 Å². The van der Waals surface area contributed by atoms with E-state index in [-0.39, 0.29) is 18.9 Å². The number of carbonyl (C=O) groups excluding carboxylic acids is 1. The summed E-state index contributed by atoms with van der Waals surface area (Å²) in [6.07, 6.45) is -0.844. The highest BCUT2D eigenvalue weighted by atomic mass is 19.1. The summed E-state index contributed by atoms with van der Waals surface area (Å²) in [6.45, 7) is -0.267. The maximum atomic E-state index is 13.4. The van der Waals surface area contributed by atoms with Crippen LogP contribution in [-0.4, -0.2) is 24.2 Å². The second-order valence-electron chi connectivity index (χ2n) is 5.61. The Morgan fingerprint density at radius 2 is 1.76 bits per heavy atom. The van der Waals surface area contributed by atoms with Crippen molar-refractivity contribution in [3.63, 3.8) is 0 Å². The van der Waals surface area contributed by atoms with Gasteiger partial charge in [0.05, 0.1) is 6.10 Å². The van der Waals surface area contributed by atoms with Gasteiger partial charge in [0.15, 0.2) is 18.2 Å². The van der Waals surface area contributed by atoms with Crippen LogP contribution in [0.3, 0.4) is 0 Å². The Morgan fingerprint density at radius 1 is 1.04 bits per heavy atom. The highest BCUT2D eigenvalue weighted by Crippen LogP contribution is 2.23. The second-order valence-corrected chi connectivity index (χ2v) is 5.61. The Morgan fingerprint density at radius 3 is 2.60 bits per heavy atom. The molecule has 0 saturated carbocycles. The largest absolute Gasteiger partial charge is 0.481 e. The minimum absolute atomic E-state index is 0.0206. The van der Waals surface area contributed by atoms with E-state index < -0.39 is 17.8 Å². The molecule has 0 spiro atoms. The van der Waals surface area contributed by atoms with Crippen LogP contribution in [0.2, 0.25) is 0 Å². The van der Waals surface area contributed by atoms with Gasteiger partial charge in [0.1, 0.15) is 0 Å². The molecule has 0 saturated heterocycles. The highest BCUT2D eigenvalue weighted by Gasteiger charge is 2.13. The molecular formula is C20H18FNO3. The normalized spacial score (nSPS) is 11.9. The van der Waals surface area contributed by atoms with E-state index in [1.165, 1.54) is 12.1 Å². The van der Waals surface area contributed by atoms with Crippen molar-refractivity contribution < 1.29 is 19.0 Å². The van der Waals surface area contributed by atoms with Gasteiger partial charge >= 0.3 is 0 Å². The van der Waals surface area contributed by atoms with E-state index in [1.54, 1.807) is 12.1 Å². The van der Waals surface area contributed by atoms with Gasteiger partial charge in [-0.3, -0.25) is 4.79 Å². The number of hydrogen-bond acceptors (Lipinski definition) is 3. The van der Waals surface area contributed by atoms with Crippen molar-refractivity contribution in [3.05, 3.63) is 78.1 Å². The molecule has 0 heterocycles. The van der Waals surface area contributed by atoms with Gasteiger partial charge in [-0.2, -0.15) is 0 Å². The summed E-state index contributed by atoms with van der Waals surface area (Å²) in [6, 6.07) is 19.3. The van der Waals surface area contributed by atoms with E-state index in [0.29, 0.717) is 0 Å². The summed E-state index contributed by atoms with van der Waals surface area (Å²) >= 11 is 0. The Labute approximate surface area is 144 Å². The first kappa shape index (κ1) is 16.9. The minimum Gasteiger partial charge on any atom is -0.481 e. The molecule has 0 aliphatic rings. The molecule has 5 heteroatoms. The molecule has 0 radical (unpaired) electrons. The monoisotopic (exact) mass is 339 g/mol. The number of aliphatic hydroxyl groups is 1. The summed E-state index contributed by atoms with van der Waals surface area (Å²) in [4.78, 5) is 11.9. The number of amides is 1. The van der Waals surface area contributed by atoms with Crippen molar-refractivity contribution in [2.24, 2.45) is 0 Å². The zero-order valence-corrected chi connectivity index (χ0v) is 13.5. The van der Waals surface area contributed by atoms with Crippen LogP contribution in [-0.2, 0) is 4.79 Å². The molecule has 0 aliphatic carbocycles. The van der Waals surface area contributed by atoms with Gasteiger partial charge in [0, 0.05) is 6.54 Å². The average molecular weight is 339 g/mol. The lowest BCUT2D eigenvalue weighted by molar-refractivity contribution is -0.123. The second kappa shape index (κ2) is 7.77. The Hall–Kier alpha value is -2.92. The fraction of sp³-hybridized carbons (Fsp3) is 0.150. The zero-order valence-electron chi connectivity index (χ0n) is 13.5. The molecule has 0 unspecified atom stereocenters. The molecule has 0 aliphatic heterocycles. The Balaban J connectivity index is 1.57. The standard InChI is InChI=1S/C20H18FNO3/c21-17-10-3-4-11-19(17)25-13-20(24)22-12-18(23)16-9-5-7-14-6-1-2-8-15(14)16/h1-11,18,23H,12-13H2,(H,22,24)/t18-/m0/s1. The van der Waals surface area contributed by atoms with E-state index in [0.717, 1.165) is 16.3 Å². The van der Waals surface area contributed by atoms with E-state index in [1.807, 2.05) is 42.5 Å². The molecule has 1 atom stereocenters. The number of nitrogens with one attached hydrogen (secondary N) is 1. The number of hydrogen-bond donors (Lipinski definition) is 2. The average Bonchev–Trinajstić information content (AvgIpc) is 2.65. The molecule has 25 heavy (non-hydrogen) atoms. The Kier molecular flexibility index (Phi) is 5.26. The lowest BCUT2D eigenvalue weighted by atomic mass is 10.0. The molecule has 4 nitrogen and oxygen atoms in total. The number of aliphatic hydroxyl groups excluding tert-OH is 1. The number of halogens is 1. The predicted molar refractivity (Wildman–Crippen MR) is 93.8 cm³/mol. The van der Waals surface area contributed by atoms with Gasteiger partial charge in [0.25, 0.3) is 5.91 Å². The third-order valence-corrected chi connectivity index (χ3v) is 3.87. The van der Waals surface area contributed by atoms with Crippen LogP contribution in [0.4, 0.5) is 4.39 Å². The van der Waals surface area contributed by atoms with E-state index >= 15 is 0 Å². The maximum Gasteiger partial charge on any atom is 0.258 e. The van der Waals surface area contributed by atoms with Crippen LogP contribution < -0.4 is 10.1 Å². The smallest absolute Gasteiger partial charge is 0.258 e. The quantitative estimate of drug-likeness (QED) is 0.725. The topological polar surface area (TPSA) is 58.6 Å². The molecule has 3 rings (SSSR count). The van der Waals surface area contributed by atoms with Gasteiger partial charge < -0.3 is 15.2 Å². The number of para-hydroxylation sites is 1. The maximum absolute atomic E-state index is 13.4. The minimum atomic E-state index is -0.844. The molecule has 3 aromatic carbocycles. The van der Waals surface area contributed by atoms with Crippen molar-refractivity contribution in [2.75, 3.05) is 13.2 Å². The van der Waals surface area contributed by atoms with Gasteiger partial charge in [-0.15, -0.1) is 0 Å². The molecule has 3 aromatic rings. The number of rotatable bonds is 6. The van der Waals surface area contributed by atoms with Crippen molar-refractivity contribution in [1.82, 2.24) is 5.32 Å². The van der Waals surface area contributed by atoms with Crippen LogP contribution in [0.15, 0.2) is 66.7 Å². The van der Waals surface area contributed by atoms with Crippen LogP contribution in [0.5, 0.6) is 5.75 Å². The lowest BCUT2D eigenvalue weighted by Gasteiger charge is -2.15. The zero-order chi connectivity index (χ0) is 17.6. The number of fused-ring (bicyclic) bond motifs is 1. The van der Waals surface area contributed by atoms with Gasteiger partial charge in [-0.05, 0) is 28.5 Å². The van der Waals surface area contributed by atoms with Crippen molar-refractivity contribution in [2.45, 2.75) is 6.10 Å². The van der Waals surface area contributed by atoms with Gasteiger partial charge in [0.2, 0.25) is 0 Å². The van der Waals surface area contributed by atoms with Gasteiger partial charge in [-0.25, -0.2) is 4.39 Å². The molecule has 1 amide bonds. The van der Waals surface area contributed by atoms with Crippen molar-refractivity contribution in [1.29, 1.82) is 0 Å². The number of benzene rings is 3. The molecular weight excluding hydrogens is 321 g/mol. The molecule has 0 aromatic heterocycles. The van der Waals surface area contributed by atoms with Gasteiger partial charge in [-0.1, -0.05) is 54.6 Å². The first-order valence-corrected chi connectivity index (χ1v) is 7.95. The van der Waals surface area contributed by atoms with Crippen LogP contribution in [0, 0.1) is 5.82 Å². The Bertz CT molecular complexity index is 876. The fourth-order valence-corrected chi connectivity index (χ4v) is 2.62. The summed E-state index contributed by atoms with van der Waals surface area (Å²) in [7, 11) is 0. The first-order chi connectivity index (χ1) is 12.1. The van der Waals surface area contributed by atoms with Crippen LogP contribution in [0.25, 0.3) is 10.8 Å². The molecule has 0 fully saturated rings. The van der Waals surface area contributed by atoms with E-state index in [4.69, 9.17) is 4.74 Å². The summed E-state index contributed by atoms with van der Waals surface area (Å²) in [5.41, 5.74) is 0.744. The summed E-state index contributed by atoms with van der Waals surface area (Å²) in [5.74, 6) is -0.930. The van der Waals surface area contributed by atoms with E-state index in [2.05, 4.69) is 5.32 Å². The highest BCUT2D eigenvalue weighted by molar-refractivity contribution is 5.86. The SMILES string of the molecule is O=C(COc1ccccc1F)NC[C@H](O)c1cccc2ccccc12. The summed E-state index contributed by atoms with van der Waals surface area (Å²) in [5, 5.41) is 14.9. The number of carbonyl (C=O) groups is 1. The van der Waals surface area contributed by atoms with Crippen molar-refractivity contribution >= 4 is 16.7 Å². The van der Waals surface area contributed by atoms with Crippen LogP contribution >= 0.6 is 0 Å². The lowest BCUT2D eigenvalue weighted by Crippen LogP contribution is -2.32. The summed E-state index contributed by atoms with van der Waals surface area (Å²) < 4.78 is 18.6. The predicted octanol–water partition coefficient (Wildman–Crippen LogP) is 3.21. The van der Waals surface area contributed by atoms with Crippen molar-refractivity contribution in [3.8, 4) is 5.75 Å². The third-order valence-electron chi connectivity index (χ3n) is 3.87.